The van der Waals surface area contributed by atoms with Gasteiger partial charge in [0.25, 0.3) is 0 Å². The first-order chi connectivity index (χ1) is 19.8. The van der Waals surface area contributed by atoms with Crippen molar-refractivity contribution in [2.24, 2.45) is 0 Å². The summed E-state index contributed by atoms with van der Waals surface area (Å²) in [5.41, 5.74) is 1.23. The Kier molecular flexibility index (Phi) is 21.2. The van der Waals surface area contributed by atoms with Crippen LogP contribution in [0, 0.1) is 0 Å². The van der Waals surface area contributed by atoms with Crippen molar-refractivity contribution >= 4 is 131 Å². The first-order valence-electron chi connectivity index (χ1n) is 10.8. The van der Waals surface area contributed by atoms with Crippen molar-refractivity contribution < 1.29 is 48.2 Å². The second-order valence-corrected chi connectivity index (χ2v) is 106. The summed E-state index contributed by atoms with van der Waals surface area (Å²) in [6.07, 6.45) is 2.92. The van der Waals surface area contributed by atoms with E-state index in [0.717, 1.165) is 0 Å². The number of hydrogen-bond acceptors (Lipinski definition) is 8. The van der Waals surface area contributed by atoms with Gasteiger partial charge in [-0.1, -0.05) is 15.9 Å². The summed E-state index contributed by atoms with van der Waals surface area (Å²) in [4.78, 5) is 21.4. The van der Waals surface area contributed by atoms with Crippen LogP contribution in [-0.4, -0.2) is 53.5 Å². The van der Waals surface area contributed by atoms with Gasteiger partial charge in [-0.05, 0) is 60.7 Å². The molecule has 230 valence electrons. The molecule has 0 saturated heterocycles. The molecule has 0 amide bonds. The number of carboxylic acid groups (broad SMARTS) is 2. The Balaban J connectivity index is 0.000000300. The van der Waals surface area contributed by atoms with Crippen LogP contribution in [0.1, 0.15) is 20.7 Å². The van der Waals surface area contributed by atoms with Crippen molar-refractivity contribution in [2.45, 2.75) is 0 Å². The number of hydrogen-bond donors (Lipinski definition) is 4. The Labute approximate surface area is 299 Å². The van der Waals surface area contributed by atoms with Crippen molar-refractivity contribution in [3.05, 3.63) is 88.8 Å². The third-order valence-electron chi connectivity index (χ3n) is 4.43. The smallest absolute Gasteiger partial charge is 0.473 e. The molecule has 2 heterocycles. The quantitative estimate of drug-likeness (QED) is 0.104. The fourth-order valence-corrected chi connectivity index (χ4v) is 3.14. The summed E-state index contributed by atoms with van der Waals surface area (Å²) in [5.74, 6) is -0.323. The van der Waals surface area contributed by atoms with Crippen molar-refractivity contribution in [3.8, 4) is 22.8 Å². The van der Waals surface area contributed by atoms with Crippen LogP contribution in [-0.2, 0) is 0 Å². The Morgan fingerprint density at radius 1 is 0.786 bits per heavy atom. The van der Waals surface area contributed by atoms with Crippen LogP contribution < -0.4 is 15.1 Å². The number of methoxy groups -OCH3 is 2. The van der Waals surface area contributed by atoms with Gasteiger partial charge in [0.1, 0.15) is 22.9 Å². The van der Waals surface area contributed by atoms with Crippen molar-refractivity contribution in [2.75, 3.05) is 14.2 Å². The topological polar surface area (TPSA) is 160 Å². The van der Waals surface area contributed by atoms with Crippen LogP contribution in [0.25, 0.3) is 11.3 Å². The SMILES string of the molecule is COc1cc(Br)cc(C(=O)O)c1.COc1cc(C(=O)O)cc(-c2ccco2)c1.II(I)I(I)I.OB(O)c1ccco1. The molecule has 2 aromatic heterocycles. The number of ether oxygens (including phenoxy) is 2. The predicted molar refractivity (Wildman–Crippen MR) is 218 cm³/mol. The molecule has 0 aliphatic carbocycles. The largest absolute Gasteiger partial charge is 0.526 e. The van der Waals surface area contributed by atoms with E-state index in [-0.39, 0.29) is 32.6 Å². The number of rotatable bonds is 7. The molecule has 10 nitrogen and oxygen atoms in total. The van der Waals surface area contributed by atoms with Gasteiger partial charge in [-0.2, -0.15) is 0 Å². The minimum absolute atomic E-state index is 0.171. The molecule has 0 fully saturated rings. The monoisotopic (exact) mass is 1320 g/mol. The normalized spacial score (nSPS) is 10.3. The number of furan rings is 2. The van der Waals surface area contributed by atoms with Gasteiger partial charge in [-0.25, -0.2) is 9.59 Å². The molecule has 18 heteroatoms. The molecule has 0 aliphatic rings. The molecule has 0 unspecified atom stereocenters. The third-order valence-corrected chi connectivity index (χ3v) is 170. The molecule has 42 heavy (non-hydrogen) atoms. The number of benzene rings is 2. The summed E-state index contributed by atoms with van der Waals surface area (Å²) in [6.45, 7) is 0. The Hall–Kier alpha value is 0.385. The van der Waals surface area contributed by atoms with E-state index in [1.807, 2.05) is 0 Å². The molecule has 0 spiro atoms. The molecule has 0 radical (unpaired) electrons. The molecule has 4 N–H and O–H groups in total. The van der Waals surface area contributed by atoms with Crippen molar-refractivity contribution in [3.63, 3.8) is 0 Å². The van der Waals surface area contributed by atoms with E-state index in [2.05, 4.69) is 94.8 Å². The molecular weight excluding hydrogens is 1300 g/mol. The van der Waals surface area contributed by atoms with Crippen LogP contribution in [0.3, 0.4) is 0 Å². The molecule has 0 saturated carbocycles. The Morgan fingerprint density at radius 3 is 1.67 bits per heavy atom. The molecular formula is C24H22BBrI6O10. The third kappa shape index (κ3) is 16.1. The molecule has 0 bridgehead atoms. The second kappa shape index (κ2) is 22.0. The fraction of sp³-hybridized carbons (Fsp3) is 0.0833. The van der Waals surface area contributed by atoms with Gasteiger partial charge >= 0.3 is 109 Å². The van der Waals surface area contributed by atoms with E-state index in [0.29, 0.717) is 27.3 Å². The predicted octanol–water partition coefficient (Wildman–Crippen LogP) is 9.08. The summed E-state index contributed by atoms with van der Waals surface area (Å²) >= 11 is 13.7. The van der Waals surface area contributed by atoms with Crippen LogP contribution in [0.15, 0.2) is 86.5 Å². The van der Waals surface area contributed by atoms with Crippen LogP contribution in [0.2, 0.25) is 0 Å². The molecule has 0 atom stereocenters. The van der Waals surface area contributed by atoms with E-state index in [1.54, 1.807) is 36.4 Å². The minimum Gasteiger partial charge on any atom is -0.473 e. The zero-order chi connectivity index (χ0) is 31.8. The van der Waals surface area contributed by atoms with Crippen LogP contribution in [0.5, 0.6) is 11.5 Å². The first kappa shape index (κ1) is 40.4. The standard InChI is InChI=1S/C12H10O4.C8H7BrO3.C4H5BO3.I6/c1-15-10-6-8(11-3-2-4-16-11)5-9(7-10)12(13)14;1-12-7-3-5(8(10)11)2-6(9)4-7;6-5(7)4-2-1-3-8-4;1-5(2)6(3)4/h2-7H,1H3,(H,13,14);2-4H,1H3,(H,10,11);1-3,6-7H;. The Morgan fingerprint density at radius 2 is 1.29 bits per heavy atom. The first-order valence-corrected chi connectivity index (χ1v) is 43.0. The van der Waals surface area contributed by atoms with E-state index in [4.69, 9.17) is 34.2 Å². The van der Waals surface area contributed by atoms with Gasteiger partial charge in [-0.15, -0.1) is 0 Å². The van der Waals surface area contributed by atoms with E-state index in [9.17, 15) is 9.59 Å². The summed E-state index contributed by atoms with van der Waals surface area (Å²) in [5, 5.41) is 34.3. The number of halogens is 7. The van der Waals surface area contributed by atoms with Gasteiger partial charge in [0.05, 0.1) is 37.9 Å². The van der Waals surface area contributed by atoms with Gasteiger partial charge in [0, 0.05) is 10.0 Å². The van der Waals surface area contributed by atoms with Gasteiger partial charge in [0.2, 0.25) is 0 Å². The number of aromatic carboxylic acids is 2. The van der Waals surface area contributed by atoms with E-state index in [1.165, 1.54) is 51.0 Å². The van der Waals surface area contributed by atoms with Gasteiger partial charge < -0.3 is 38.6 Å². The molecule has 4 aromatic rings. The maximum atomic E-state index is 10.9. The zero-order valence-electron chi connectivity index (χ0n) is 21.4. The number of carbonyl (C=O) groups is 2. The van der Waals surface area contributed by atoms with Crippen molar-refractivity contribution in [1.82, 2.24) is 0 Å². The molecule has 0 aliphatic heterocycles. The van der Waals surface area contributed by atoms with Crippen LogP contribution >= 0.6 is 106 Å². The Bertz CT molecular complexity index is 1370. The van der Waals surface area contributed by atoms with Gasteiger partial charge in [0.15, 0.2) is 0 Å². The molecule has 2 aromatic carbocycles. The zero-order valence-corrected chi connectivity index (χ0v) is 35.9. The average Bonchev–Trinajstić information content (AvgIpc) is 3.69. The fourth-order valence-electron chi connectivity index (χ4n) is 2.67. The van der Waals surface area contributed by atoms with E-state index >= 15 is 0 Å². The van der Waals surface area contributed by atoms with Crippen LogP contribution in [0.4, 0.5) is 0 Å². The summed E-state index contributed by atoms with van der Waals surface area (Å²) < 4.78 is 20.4. The van der Waals surface area contributed by atoms with E-state index < -0.39 is 19.1 Å². The number of carboxylic acids is 2. The van der Waals surface area contributed by atoms with Gasteiger partial charge in [-0.3, -0.25) is 0 Å². The second-order valence-electron chi connectivity index (χ2n) is 7.13. The summed E-state index contributed by atoms with van der Waals surface area (Å²) in [7, 11) is 0.877. The maximum Gasteiger partial charge on any atom is 0.526 e. The van der Waals surface area contributed by atoms with Crippen molar-refractivity contribution in [1.29, 1.82) is 0 Å². The average molecular weight is 1320 g/mol. The maximum absolute atomic E-state index is 10.9. The molecule has 4 rings (SSSR count). The summed E-state index contributed by atoms with van der Waals surface area (Å²) in [6, 6.07) is 16.0. The minimum atomic E-state index is -1.48.